The molecule has 26 heavy (non-hydrogen) atoms. The third-order valence-electron chi connectivity index (χ3n) is 4.27. The number of fused-ring (bicyclic) bond motifs is 2. The van der Waals surface area contributed by atoms with Crippen LogP contribution in [-0.2, 0) is 17.9 Å². The van der Waals surface area contributed by atoms with Crippen molar-refractivity contribution in [2.45, 2.75) is 13.1 Å². The lowest BCUT2D eigenvalue weighted by Crippen LogP contribution is -2.27. The fraction of sp³-hybridized carbons (Fsp3) is 0.263. The summed E-state index contributed by atoms with van der Waals surface area (Å²) < 4.78 is 18.3. The summed E-state index contributed by atoms with van der Waals surface area (Å²) in [6.45, 7) is 1.63. The Kier molecular flexibility index (Phi) is 4.35. The summed E-state index contributed by atoms with van der Waals surface area (Å²) in [4.78, 5) is 16.7. The zero-order valence-corrected chi connectivity index (χ0v) is 14.4. The molecule has 1 amide bonds. The Morgan fingerprint density at radius 3 is 2.81 bits per heavy atom. The molecule has 2 aromatic carbocycles. The first-order chi connectivity index (χ1) is 12.7. The van der Waals surface area contributed by atoms with Gasteiger partial charge in [-0.3, -0.25) is 4.79 Å². The number of benzene rings is 2. The second-order valence-electron chi connectivity index (χ2n) is 5.95. The summed E-state index contributed by atoms with van der Waals surface area (Å²) in [5.74, 6) is 2.02. The number of imidazole rings is 1. The van der Waals surface area contributed by atoms with Crippen molar-refractivity contribution < 1.29 is 19.0 Å². The van der Waals surface area contributed by atoms with Crippen LogP contribution in [0.4, 0.5) is 0 Å². The maximum Gasteiger partial charge on any atom is 0.240 e. The highest BCUT2D eigenvalue weighted by Crippen LogP contribution is 2.34. The van der Waals surface area contributed by atoms with Crippen molar-refractivity contribution in [3.8, 4) is 17.2 Å². The number of ether oxygens (including phenoxy) is 3. The number of carbonyl (C=O) groups excluding carboxylic acids is 1. The summed E-state index contributed by atoms with van der Waals surface area (Å²) in [7, 11) is 1.62. The molecule has 134 valence electrons. The van der Waals surface area contributed by atoms with E-state index >= 15 is 0 Å². The van der Waals surface area contributed by atoms with Gasteiger partial charge in [-0.05, 0) is 6.07 Å². The molecule has 0 aliphatic carbocycles. The van der Waals surface area contributed by atoms with E-state index in [1.165, 1.54) is 0 Å². The van der Waals surface area contributed by atoms with E-state index in [0.717, 1.165) is 22.3 Å². The molecule has 7 nitrogen and oxygen atoms in total. The number of carbonyl (C=O) groups is 1. The van der Waals surface area contributed by atoms with Gasteiger partial charge in [0.2, 0.25) is 5.91 Å². The van der Waals surface area contributed by atoms with E-state index < -0.39 is 0 Å². The predicted octanol–water partition coefficient (Wildman–Crippen LogP) is 2.13. The van der Waals surface area contributed by atoms with Gasteiger partial charge in [-0.1, -0.05) is 18.2 Å². The Balaban J connectivity index is 1.47. The Morgan fingerprint density at radius 2 is 2.00 bits per heavy atom. The average Bonchev–Trinajstić information content (AvgIpc) is 3.06. The number of nitrogens with one attached hydrogen (secondary N) is 1. The molecule has 0 unspecified atom stereocenters. The van der Waals surface area contributed by atoms with Gasteiger partial charge < -0.3 is 24.1 Å². The minimum Gasteiger partial charge on any atom is -0.496 e. The molecule has 0 bridgehead atoms. The lowest BCUT2D eigenvalue weighted by atomic mass is 10.2. The summed E-state index contributed by atoms with van der Waals surface area (Å²) in [6, 6.07) is 11.3. The molecule has 1 aliphatic rings. The second-order valence-corrected chi connectivity index (χ2v) is 5.95. The van der Waals surface area contributed by atoms with Crippen LogP contribution in [0, 0.1) is 0 Å². The Morgan fingerprint density at radius 1 is 1.23 bits per heavy atom. The third-order valence-corrected chi connectivity index (χ3v) is 4.27. The van der Waals surface area contributed by atoms with Crippen LogP contribution in [0.5, 0.6) is 17.2 Å². The van der Waals surface area contributed by atoms with Gasteiger partial charge in [0.25, 0.3) is 0 Å². The predicted molar refractivity (Wildman–Crippen MR) is 95.6 cm³/mol. The Hall–Kier alpha value is -3.22. The van der Waals surface area contributed by atoms with Gasteiger partial charge >= 0.3 is 0 Å². The third kappa shape index (κ3) is 3.15. The minimum atomic E-state index is -0.106. The highest BCUT2D eigenvalue weighted by atomic mass is 16.6. The van der Waals surface area contributed by atoms with Crippen LogP contribution in [0.15, 0.2) is 42.7 Å². The van der Waals surface area contributed by atoms with E-state index in [-0.39, 0.29) is 12.5 Å². The monoisotopic (exact) mass is 353 g/mol. The standard InChI is InChI=1S/C19H19N3O4/c1-24-16-5-3-2-4-13(16)10-20-19(23)11-22-12-21-14-8-17-18(9-15(14)22)26-7-6-25-17/h2-5,8-9,12H,6-7,10-11H2,1H3,(H,20,23). The molecule has 0 fully saturated rings. The van der Waals surface area contributed by atoms with E-state index in [2.05, 4.69) is 10.3 Å². The zero-order chi connectivity index (χ0) is 17.9. The fourth-order valence-corrected chi connectivity index (χ4v) is 2.97. The molecule has 1 aliphatic heterocycles. The zero-order valence-electron chi connectivity index (χ0n) is 14.4. The molecule has 1 aromatic heterocycles. The molecule has 1 N–H and O–H groups in total. The smallest absolute Gasteiger partial charge is 0.240 e. The van der Waals surface area contributed by atoms with E-state index in [9.17, 15) is 4.79 Å². The summed E-state index contributed by atoms with van der Waals surface area (Å²) in [6.07, 6.45) is 1.65. The summed E-state index contributed by atoms with van der Waals surface area (Å²) >= 11 is 0. The number of methoxy groups -OCH3 is 1. The number of nitrogens with zero attached hydrogens (tertiary/aromatic N) is 2. The van der Waals surface area contributed by atoms with Crippen LogP contribution in [0.1, 0.15) is 5.56 Å². The molecule has 0 atom stereocenters. The molecular weight excluding hydrogens is 334 g/mol. The maximum absolute atomic E-state index is 12.4. The van der Waals surface area contributed by atoms with Crippen LogP contribution in [0.3, 0.4) is 0 Å². The van der Waals surface area contributed by atoms with E-state index in [0.29, 0.717) is 31.3 Å². The molecule has 7 heteroatoms. The average molecular weight is 353 g/mol. The van der Waals surface area contributed by atoms with Crippen LogP contribution >= 0.6 is 0 Å². The van der Waals surface area contributed by atoms with Crippen molar-refractivity contribution in [3.63, 3.8) is 0 Å². The Labute approximate surface area is 150 Å². The van der Waals surface area contributed by atoms with Crippen molar-refractivity contribution in [1.82, 2.24) is 14.9 Å². The number of aromatic nitrogens is 2. The summed E-state index contributed by atoms with van der Waals surface area (Å²) in [5, 5.41) is 2.92. The lowest BCUT2D eigenvalue weighted by molar-refractivity contribution is -0.121. The highest BCUT2D eigenvalue weighted by molar-refractivity contribution is 5.83. The number of hydrogen-bond donors (Lipinski definition) is 1. The van der Waals surface area contributed by atoms with E-state index in [1.807, 2.05) is 36.4 Å². The number of rotatable bonds is 5. The van der Waals surface area contributed by atoms with Crippen LogP contribution < -0.4 is 19.5 Å². The lowest BCUT2D eigenvalue weighted by Gasteiger charge is -2.18. The first-order valence-electron chi connectivity index (χ1n) is 8.37. The molecule has 0 saturated heterocycles. The highest BCUT2D eigenvalue weighted by Gasteiger charge is 2.16. The Bertz CT molecular complexity index is 951. The van der Waals surface area contributed by atoms with Crippen molar-refractivity contribution in [3.05, 3.63) is 48.3 Å². The number of hydrogen-bond acceptors (Lipinski definition) is 5. The van der Waals surface area contributed by atoms with Crippen molar-refractivity contribution in [1.29, 1.82) is 0 Å². The van der Waals surface area contributed by atoms with Gasteiger partial charge in [-0.25, -0.2) is 4.98 Å². The molecule has 0 saturated carbocycles. The van der Waals surface area contributed by atoms with Gasteiger partial charge in [-0.15, -0.1) is 0 Å². The van der Waals surface area contributed by atoms with Gasteiger partial charge in [0.15, 0.2) is 11.5 Å². The molecule has 0 spiro atoms. The van der Waals surface area contributed by atoms with Crippen LogP contribution in [0.2, 0.25) is 0 Å². The minimum absolute atomic E-state index is 0.106. The van der Waals surface area contributed by atoms with Crippen molar-refractivity contribution in [2.24, 2.45) is 0 Å². The van der Waals surface area contributed by atoms with Crippen molar-refractivity contribution in [2.75, 3.05) is 20.3 Å². The van der Waals surface area contributed by atoms with Gasteiger partial charge in [0, 0.05) is 24.2 Å². The quantitative estimate of drug-likeness (QED) is 0.761. The normalized spacial score (nSPS) is 12.8. The van der Waals surface area contributed by atoms with E-state index in [1.54, 1.807) is 18.0 Å². The first kappa shape index (κ1) is 16.3. The fourth-order valence-electron chi connectivity index (χ4n) is 2.97. The van der Waals surface area contributed by atoms with Gasteiger partial charge in [0.1, 0.15) is 25.5 Å². The summed E-state index contributed by atoms with van der Waals surface area (Å²) in [5.41, 5.74) is 2.53. The molecule has 0 radical (unpaired) electrons. The van der Waals surface area contributed by atoms with Crippen LogP contribution in [0.25, 0.3) is 11.0 Å². The van der Waals surface area contributed by atoms with E-state index in [4.69, 9.17) is 14.2 Å². The van der Waals surface area contributed by atoms with Gasteiger partial charge in [0.05, 0.1) is 24.5 Å². The SMILES string of the molecule is COc1ccccc1CNC(=O)Cn1cnc2cc3c(cc21)OCCO3. The number of amides is 1. The molecule has 4 rings (SSSR count). The van der Waals surface area contributed by atoms with Gasteiger partial charge in [-0.2, -0.15) is 0 Å². The number of para-hydroxylation sites is 1. The topological polar surface area (TPSA) is 74.6 Å². The maximum atomic E-state index is 12.4. The molecular formula is C19H19N3O4. The largest absolute Gasteiger partial charge is 0.496 e. The van der Waals surface area contributed by atoms with Crippen LogP contribution in [-0.4, -0.2) is 35.8 Å². The molecule has 3 aromatic rings. The second kappa shape index (κ2) is 6.95. The van der Waals surface area contributed by atoms with Crippen molar-refractivity contribution >= 4 is 16.9 Å². The molecule has 2 heterocycles. The first-order valence-corrected chi connectivity index (χ1v) is 8.37.